The van der Waals surface area contributed by atoms with Crippen LogP contribution in [0, 0.1) is 13.8 Å². The molecule has 2 aromatic carbocycles. The van der Waals surface area contributed by atoms with E-state index in [1.165, 1.54) is 11.3 Å². The Morgan fingerprint density at radius 3 is 2.28 bits per heavy atom. The standard InChI is InChI=1S/C24H26N4O/c1-18-8-10-22(19(2)16-18)26-24(29)20-9-11-23(25-17-20)28-14-12-27(13-15-28)21-6-4-3-5-7-21/h3-11,16-17H,12-15H2,1-2H3,(H,26,29). The summed E-state index contributed by atoms with van der Waals surface area (Å²) in [5.41, 5.74) is 4.90. The number of para-hydroxylation sites is 1. The summed E-state index contributed by atoms with van der Waals surface area (Å²) in [4.78, 5) is 21.8. The SMILES string of the molecule is Cc1ccc(NC(=O)c2ccc(N3CCN(c4ccccc4)CC3)nc2)c(C)c1. The lowest BCUT2D eigenvalue weighted by Gasteiger charge is -2.36. The predicted octanol–water partition coefficient (Wildman–Crippen LogP) is 4.28. The third-order valence-electron chi connectivity index (χ3n) is 5.37. The fraction of sp³-hybridized carbons (Fsp3) is 0.250. The molecule has 5 nitrogen and oxygen atoms in total. The number of hydrogen-bond acceptors (Lipinski definition) is 4. The van der Waals surface area contributed by atoms with Gasteiger partial charge in [-0.25, -0.2) is 4.98 Å². The molecular weight excluding hydrogens is 360 g/mol. The van der Waals surface area contributed by atoms with E-state index >= 15 is 0 Å². The molecule has 1 aliphatic heterocycles. The quantitative estimate of drug-likeness (QED) is 0.727. The largest absolute Gasteiger partial charge is 0.368 e. The highest BCUT2D eigenvalue weighted by atomic mass is 16.1. The number of anilines is 3. The Bertz CT molecular complexity index is 978. The maximum atomic E-state index is 12.6. The Kier molecular flexibility index (Phi) is 5.47. The van der Waals surface area contributed by atoms with Crippen LogP contribution in [0.1, 0.15) is 21.5 Å². The third kappa shape index (κ3) is 4.40. The van der Waals surface area contributed by atoms with E-state index in [-0.39, 0.29) is 5.91 Å². The molecule has 4 rings (SSSR count). The summed E-state index contributed by atoms with van der Waals surface area (Å²) in [7, 11) is 0. The average molecular weight is 386 g/mol. The van der Waals surface area contributed by atoms with Crippen molar-refractivity contribution in [1.82, 2.24) is 4.98 Å². The zero-order valence-corrected chi connectivity index (χ0v) is 16.9. The number of hydrogen-bond donors (Lipinski definition) is 1. The first kappa shape index (κ1) is 19.0. The van der Waals surface area contributed by atoms with Crippen LogP contribution in [0.3, 0.4) is 0 Å². The monoisotopic (exact) mass is 386 g/mol. The first-order chi connectivity index (χ1) is 14.1. The number of amides is 1. The number of aromatic nitrogens is 1. The number of nitrogens with zero attached hydrogens (tertiary/aromatic N) is 3. The van der Waals surface area contributed by atoms with E-state index < -0.39 is 0 Å². The molecule has 0 aliphatic carbocycles. The van der Waals surface area contributed by atoms with Gasteiger partial charge in [0, 0.05) is 43.8 Å². The minimum Gasteiger partial charge on any atom is -0.368 e. The van der Waals surface area contributed by atoms with E-state index in [1.54, 1.807) is 6.20 Å². The normalized spacial score (nSPS) is 14.0. The highest BCUT2D eigenvalue weighted by Crippen LogP contribution is 2.20. The number of nitrogens with one attached hydrogen (secondary N) is 1. The fourth-order valence-electron chi connectivity index (χ4n) is 3.69. The highest BCUT2D eigenvalue weighted by molar-refractivity contribution is 6.04. The first-order valence-electron chi connectivity index (χ1n) is 10.00. The summed E-state index contributed by atoms with van der Waals surface area (Å²) in [5, 5.41) is 2.98. The van der Waals surface area contributed by atoms with Crippen LogP contribution in [0.2, 0.25) is 0 Å². The Morgan fingerprint density at radius 2 is 1.62 bits per heavy atom. The van der Waals surface area contributed by atoms with Crippen LogP contribution < -0.4 is 15.1 Å². The van der Waals surface area contributed by atoms with Crippen LogP contribution in [0.5, 0.6) is 0 Å². The zero-order valence-electron chi connectivity index (χ0n) is 16.9. The fourth-order valence-corrected chi connectivity index (χ4v) is 3.69. The van der Waals surface area contributed by atoms with Gasteiger partial charge in [0.2, 0.25) is 0 Å². The summed E-state index contributed by atoms with van der Waals surface area (Å²) in [6.45, 7) is 7.78. The summed E-state index contributed by atoms with van der Waals surface area (Å²) in [6, 6.07) is 20.3. The molecule has 148 valence electrons. The number of aryl methyl sites for hydroxylation is 2. The van der Waals surface area contributed by atoms with Crippen molar-refractivity contribution in [3.63, 3.8) is 0 Å². The van der Waals surface area contributed by atoms with E-state index in [0.29, 0.717) is 5.56 Å². The molecule has 0 radical (unpaired) electrons. The van der Waals surface area contributed by atoms with Gasteiger partial charge in [0.25, 0.3) is 5.91 Å². The topological polar surface area (TPSA) is 48.5 Å². The molecule has 3 aromatic rings. The van der Waals surface area contributed by atoms with Gasteiger partial charge in [-0.15, -0.1) is 0 Å². The second-order valence-electron chi connectivity index (χ2n) is 7.49. The lowest BCUT2D eigenvalue weighted by atomic mass is 10.1. The van der Waals surface area contributed by atoms with Crippen molar-refractivity contribution in [2.24, 2.45) is 0 Å². The molecule has 1 N–H and O–H groups in total. The van der Waals surface area contributed by atoms with E-state index in [9.17, 15) is 4.79 Å². The molecular formula is C24H26N4O. The first-order valence-corrected chi connectivity index (χ1v) is 10.00. The molecule has 5 heteroatoms. The predicted molar refractivity (Wildman–Crippen MR) is 119 cm³/mol. The number of carbonyl (C=O) groups is 1. The zero-order chi connectivity index (χ0) is 20.2. The van der Waals surface area contributed by atoms with Crippen LogP contribution in [0.4, 0.5) is 17.2 Å². The summed E-state index contributed by atoms with van der Waals surface area (Å²) in [6.07, 6.45) is 1.66. The van der Waals surface area contributed by atoms with E-state index in [1.807, 2.05) is 44.2 Å². The number of pyridine rings is 1. The van der Waals surface area contributed by atoms with E-state index in [2.05, 4.69) is 50.4 Å². The van der Waals surface area contributed by atoms with Gasteiger partial charge in [0.05, 0.1) is 5.56 Å². The Labute approximate surface area is 172 Å². The molecule has 1 amide bonds. The van der Waals surface area contributed by atoms with Crippen molar-refractivity contribution in [2.45, 2.75) is 13.8 Å². The van der Waals surface area contributed by atoms with Gasteiger partial charge in [0.15, 0.2) is 0 Å². The van der Waals surface area contributed by atoms with Crippen molar-refractivity contribution in [1.29, 1.82) is 0 Å². The van der Waals surface area contributed by atoms with Crippen LogP contribution >= 0.6 is 0 Å². The molecule has 0 unspecified atom stereocenters. The molecule has 0 spiro atoms. The minimum absolute atomic E-state index is 0.134. The van der Waals surface area contributed by atoms with Gasteiger partial charge in [0.1, 0.15) is 5.82 Å². The van der Waals surface area contributed by atoms with Crippen LogP contribution in [0.15, 0.2) is 66.9 Å². The van der Waals surface area contributed by atoms with Gasteiger partial charge >= 0.3 is 0 Å². The van der Waals surface area contributed by atoms with Crippen LogP contribution in [-0.2, 0) is 0 Å². The van der Waals surface area contributed by atoms with Crippen molar-refractivity contribution in [2.75, 3.05) is 41.3 Å². The minimum atomic E-state index is -0.134. The highest BCUT2D eigenvalue weighted by Gasteiger charge is 2.18. The van der Waals surface area contributed by atoms with Gasteiger partial charge in [-0.3, -0.25) is 4.79 Å². The maximum Gasteiger partial charge on any atom is 0.257 e. The van der Waals surface area contributed by atoms with Crippen LogP contribution in [0.25, 0.3) is 0 Å². The van der Waals surface area contributed by atoms with Gasteiger partial charge in [-0.1, -0.05) is 35.9 Å². The summed E-state index contributed by atoms with van der Waals surface area (Å²) < 4.78 is 0. The molecule has 29 heavy (non-hydrogen) atoms. The molecule has 1 fully saturated rings. The number of piperazine rings is 1. The Hall–Kier alpha value is -3.34. The van der Waals surface area contributed by atoms with Crippen molar-refractivity contribution < 1.29 is 4.79 Å². The second kappa shape index (κ2) is 8.35. The molecule has 1 aromatic heterocycles. The van der Waals surface area contributed by atoms with Crippen molar-refractivity contribution >= 4 is 23.1 Å². The maximum absolute atomic E-state index is 12.6. The molecule has 0 saturated carbocycles. The number of carbonyl (C=O) groups excluding carboxylic acids is 1. The van der Waals surface area contributed by atoms with E-state index in [0.717, 1.165) is 43.2 Å². The van der Waals surface area contributed by atoms with Gasteiger partial charge < -0.3 is 15.1 Å². The molecule has 1 aliphatic rings. The number of benzene rings is 2. The summed E-state index contributed by atoms with van der Waals surface area (Å²) in [5.74, 6) is 0.783. The van der Waals surface area contributed by atoms with Crippen molar-refractivity contribution in [3.8, 4) is 0 Å². The summed E-state index contributed by atoms with van der Waals surface area (Å²) >= 11 is 0. The molecule has 2 heterocycles. The second-order valence-corrected chi connectivity index (χ2v) is 7.49. The smallest absolute Gasteiger partial charge is 0.257 e. The van der Waals surface area contributed by atoms with Crippen molar-refractivity contribution in [3.05, 3.63) is 83.6 Å². The lowest BCUT2D eigenvalue weighted by Crippen LogP contribution is -2.46. The van der Waals surface area contributed by atoms with Crippen LogP contribution in [-0.4, -0.2) is 37.1 Å². The Balaban J connectivity index is 1.37. The molecule has 1 saturated heterocycles. The third-order valence-corrected chi connectivity index (χ3v) is 5.37. The molecule has 0 bridgehead atoms. The van der Waals surface area contributed by atoms with Gasteiger partial charge in [-0.2, -0.15) is 0 Å². The Morgan fingerprint density at radius 1 is 0.897 bits per heavy atom. The van der Waals surface area contributed by atoms with E-state index in [4.69, 9.17) is 0 Å². The molecule has 0 atom stereocenters. The van der Waals surface area contributed by atoms with Gasteiger partial charge in [-0.05, 0) is 49.7 Å². The lowest BCUT2D eigenvalue weighted by molar-refractivity contribution is 0.102. The number of rotatable bonds is 4. The average Bonchev–Trinajstić information content (AvgIpc) is 2.76.